The van der Waals surface area contributed by atoms with E-state index in [1.807, 2.05) is 0 Å². The van der Waals surface area contributed by atoms with Crippen LogP contribution in [-0.2, 0) is 4.74 Å². The van der Waals surface area contributed by atoms with Gasteiger partial charge in [-0.15, -0.1) is 0 Å². The van der Waals surface area contributed by atoms with Crippen LogP contribution in [0.25, 0.3) is 0 Å². The van der Waals surface area contributed by atoms with Crippen LogP contribution in [-0.4, -0.2) is 17.6 Å². The average molecular weight is 233 g/mol. The van der Waals surface area contributed by atoms with Gasteiger partial charge in [-0.25, -0.2) is 13.6 Å². The number of alkyl halides is 2. The first kappa shape index (κ1) is 11.6. The SMILES string of the molecule is CC1(OC(N)=O)C[C@@H]2CCC(F)(F)C[C@H]2C1. The number of ether oxygens (including phenoxy) is 1. The van der Waals surface area contributed by atoms with Crippen LogP contribution in [0.2, 0.25) is 0 Å². The quantitative estimate of drug-likeness (QED) is 0.757. The largest absolute Gasteiger partial charge is 0.443 e. The molecule has 1 unspecified atom stereocenters. The molecule has 2 aliphatic rings. The van der Waals surface area contributed by atoms with Gasteiger partial charge in [0.1, 0.15) is 5.60 Å². The molecule has 0 heterocycles. The molecule has 0 spiro atoms. The molecule has 3 atom stereocenters. The zero-order valence-corrected chi connectivity index (χ0v) is 9.34. The van der Waals surface area contributed by atoms with Crippen LogP contribution < -0.4 is 5.73 Å². The van der Waals surface area contributed by atoms with Gasteiger partial charge >= 0.3 is 6.09 Å². The molecule has 0 aromatic carbocycles. The number of hydrogen-bond acceptors (Lipinski definition) is 2. The zero-order valence-electron chi connectivity index (χ0n) is 9.34. The minimum absolute atomic E-state index is 0.0342. The van der Waals surface area contributed by atoms with E-state index < -0.39 is 17.6 Å². The Morgan fingerprint density at radius 2 is 1.94 bits per heavy atom. The van der Waals surface area contributed by atoms with Gasteiger partial charge in [0.25, 0.3) is 0 Å². The van der Waals surface area contributed by atoms with Gasteiger partial charge in [-0.3, -0.25) is 0 Å². The molecular weight excluding hydrogens is 216 g/mol. The topological polar surface area (TPSA) is 52.3 Å². The lowest BCUT2D eigenvalue weighted by Crippen LogP contribution is -2.32. The first-order valence-electron chi connectivity index (χ1n) is 5.66. The molecule has 2 N–H and O–H groups in total. The van der Waals surface area contributed by atoms with Crippen LogP contribution in [0, 0.1) is 11.8 Å². The fourth-order valence-corrected chi connectivity index (χ4v) is 3.31. The molecule has 92 valence electrons. The molecule has 5 heteroatoms. The van der Waals surface area contributed by atoms with Crippen molar-refractivity contribution in [3.05, 3.63) is 0 Å². The number of rotatable bonds is 1. The number of carbonyl (C=O) groups excluding carboxylic acids is 1. The molecule has 0 aromatic heterocycles. The standard InChI is InChI=1S/C11H17F2NO2/c1-10(16-9(14)15)4-7-2-3-11(12,13)6-8(7)5-10/h7-8H,2-6H2,1H3,(H2,14,15)/t7-,8+,10?/m0/s1. The second kappa shape index (κ2) is 3.57. The smallest absolute Gasteiger partial charge is 0.405 e. The Kier molecular flexibility index (Phi) is 2.59. The van der Waals surface area contributed by atoms with Crippen LogP contribution >= 0.6 is 0 Å². The zero-order chi connectivity index (χ0) is 12.0. The molecule has 0 radical (unpaired) electrons. The maximum absolute atomic E-state index is 13.2. The van der Waals surface area contributed by atoms with E-state index in [4.69, 9.17) is 10.5 Å². The van der Waals surface area contributed by atoms with E-state index in [0.29, 0.717) is 19.3 Å². The fraction of sp³-hybridized carbons (Fsp3) is 0.909. The first-order valence-corrected chi connectivity index (χ1v) is 5.66. The number of halogens is 2. The van der Waals surface area contributed by atoms with Crippen molar-refractivity contribution in [2.45, 2.75) is 50.6 Å². The van der Waals surface area contributed by atoms with E-state index in [1.54, 1.807) is 6.92 Å². The number of carbonyl (C=O) groups is 1. The van der Waals surface area contributed by atoms with Crippen molar-refractivity contribution in [2.24, 2.45) is 17.6 Å². The molecule has 2 rings (SSSR count). The number of nitrogens with two attached hydrogens (primary N) is 1. The van der Waals surface area contributed by atoms with E-state index in [0.717, 1.165) is 0 Å². The van der Waals surface area contributed by atoms with E-state index in [1.165, 1.54) is 0 Å². The van der Waals surface area contributed by atoms with Crippen LogP contribution in [0.1, 0.15) is 39.0 Å². The number of amides is 1. The summed E-state index contributed by atoms with van der Waals surface area (Å²) < 4.78 is 31.5. The Hall–Kier alpha value is -0.870. The van der Waals surface area contributed by atoms with Crippen LogP contribution in [0.5, 0.6) is 0 Å². The number of hydrogen-bond donors (Lipinski definition) is 1. The molecule has 0 bridgehead atoms. The summed E-state index contributed by atoms with van der Waals surface area (Å²) in [5.41, 5.74) is 4.35. The maximum Gasteiger partial charge on any atom is 0.405 e. The van der Waals surface area contributed by atoms with Crippen molar-refractivity contribution in [1.82, 2.24) is 0 Å². The Bertz CT molecular complexity index is 308. The molecular formula is C11H17F2NO2. The lowest BCUT2D eigenvalue weighted by atomic mass is 9.80. The van der Waals surface area contributed by atoms with E-state index >= 15 is 0 Å². The summed E-state index contributed by atoms with van der Waals surface area (Å²) in [6.45, 7) is 1.79. The van der Waals surface area contributed by atoms with Crippen molar-refractivity contribution in [1.29, 1.82) is 0 Å². The van der Waals surface area contributed by atoms with Gasteiger partial charge in [-0.05, 0) is 38.0 Å². The van der Waals surface area contributed by atoms with Crippen molar-refractivity contribution in [3.63, 3.8) is 0 Å². The first-order chi connectivity index (χ1) is 7.30. The van der Waals surface area contributed by atoms with E-state index in [-0.39, 0.29) is 24.7 Å². The highest BCUT2D eigenvalue weighted by molar-refractivity contribution is 5.65. The molecule has 16 heavy (non-hydrogen) atoms. The summed E-state index contributed by atoms with van der Waals surface area (Å²) >= 11 is 0. The predicted molar refractivity (Wildman–Crippen MR) is 54.1 cm³/mol. The minimum atomic E-state index is -2.54. The number of fused-ring (bicyclic) bond motifs is 1. The van der Waals surface area contributed by atoms with Gasteiger partial charge in [-0.1, -0.05) is 0 Å². The van der Waals surface area contributed by atoms with Gasteiger partial charge < -0.3 is 10.5 Å². The normalized spacial score (nSPS) is 41.4. The minimum Gasteiger partial charge on any atom is -0.443 e. The molecule has 0 aliphatic heterocycles. The Morgan fingerprint density at radius 3 is 2.56 bits per heavy atom. The van der Waals surface area contributed by atoms with Crippen molar-refractivity contribution < 1.29 is 18.3 Å². The second-order valence-electron chi connectivity index (χ2n) is 5.40. The fourth-order valence-electron chi connectivity index (χ4n) is 3.31. The molecule has 2 aliphatic carbocycles. The highest BCUT2D eigenvalue weighted by Gasteiger charge is 2.51. The van der Waals surface area contributed by atoms with Crippen LogP contribution in [0.15, 0.2) is 0 Å². The predicted octanol–water partition coefficient (Wildman–Crippen LogP) is 2.69. The van der Waals surface area contributed by atoms with Crippen LogP contribution in [0.4, 0.5) is 13.6 Å². The Balaban J connectivity index is 2.03. The van der Waals surface area contributed by atoms with Gasteiger partial charge in [0, 0.05) is 12.8 Å². The third-order valence-corrected chi connectivity index (χ3v) is 3.84. The summed E-state index contributed by atoms with van der Waals surface area (Å²) in [5, 5.41) is 0. The highest BCUT2D eigenvalue weighted by atomic mass is 19.3. The third kappa shape index (κ3) is 2.28. The van der Waals surface area contributed by atoms with E-state index in [9.17, 15) is 13.6 Å². The summed E-state index contributed by atoms with van der Waals surface area (Å²) in [4.78, 5) is 10.7. The van der Waals surface area contributed by atoms with Crippen molar-refractivity contribution >= 4 is 6.09 Å². The van der Waals surface area contributed by atoms with Crippen molar-refractivity contribution in [2.75, 3.05) is 0 Å². The molecule has 0 saturated heterocycles. The molecule has 2 saturated carbocycles. The third-order valence-electron chi connectivity index (χ3n) is 3.84. The van der Waals surface area contributed by atoms with Gasteiger partial charge in [0.2, 0.25) is 5.92 Å². The summed E-state index contributed by atoms with van der Waals surface area (Å²) in [6, 6.07) is 0. The lowest BCUT2D eigenvalue weighted by Gasteiger charge is -2.30. The molecule has 1 amide bonds. The Labute approximate surface area is 93.3 Å². The van der Waals surface area contributed by atoms with Gasteiger partial charge in [0.05, 0.1) is 0 Å². The van der Waals surface area contributed by atoms with Crippen molar-refractivity contribution in [3.8, 4) is 0 Å². The van der Waals surface area contributed by atoms with Crippen LogP contribution in [0.3, 0.4) is 0 Å². The van der Waals surface area contributed by atoms with Gasteiger partial charge in [0.15, 0.2) is 0 Å². The summed E-state index contributed by atoms with van der Waals surface area (Å²) in [7, 11) is 0. The lowest BCUT2D eigenvalue weighted by molar-refractivity contribution is -0.0637. The monoisotopic (exact) mass is 233 g/mol. The Morgan fingerprint density at radius 1 is 1.31 bits per heavy atom. The molecule has 2 fully saturated rings. The van der Waals surface area contributed by atoms with E-state index in [2.05, 4.69) is 0 Å². The molecule has 0 aromatic rings. The summed E-state index contributed by atoms with van der Waals surface area (Å²) in [6.07, 6.45) is 0.770. The summed E-state index contributed by atoms with van der Waals surface area (Å²) in [5.74, 6) is -2.32. The second-order valence-corrected chi connectivity index (χ2v) is 5.40. The maximum atomic E-state index is 13.2. The van der Waals surface area contributed by atoms with Gasteiger partial charge in [-0.2, -0.15) is 0 Å². The average Bonchev–Trinajstić information content (AvgIpc) is 2.36. The molecule has 3 nitrogen and oxygen atoms in total. The number of primary amides is 1. The highest BCUT2D eigenvalue weighted by Crippen LogP contribution is 2.52.